The average Bonchev–Trinajstić information content (AvgIpc) is 2.79. The van der Waals surface area contributed by atoms with Crippen LogP contribution in [-0.2, 0) is 16.0 Å². The quantitative estimate of drug-likeness (QED) is 0.689. The Morgan fingerprint density at radius 1 is 1.31 bits per heavy atom. The molecular formula is C19H22Cl2O5. The summed E-state index contributed by atoms with van der Waals surface area (Å²) < 4.78 is 5.21. The number of carboxylic acids is 1. The molecule has 0 saturated carbocycles. The molecule has 7 heteroatoms. The molecule has 0 amide bonds. The molecule has 0 heterocycles. The zero-order valence-corrected chi connectivity index (χ0v) is 16.5. The lowest BCUT2D eigenvalue weighted by molar-refractivity contribution is -0.139. The van der Waals surface area contributed by atoms with E-state index >= 15 is 0 Å². The summed E-state index contributed by atoms with van der Waals surface area (Å²) in [5, 5.41) is 8.91. The molecule has 2 rings (SSSR count). The smallest absolute Gasteiger partial charge is 0.341 e. The SMILES string of the molecule is CC(=O)CCC1(CC(C)C)Cc2cc(OCC(=O)O)c(Cl)c(Cl)c2C1=O. The Morgan fingerprint density at radius 3 is 2.50 bits per heavy atom. The Labute approximate surface area is 162 Å². The van der Waals surface area contributed by atoms with Crippen molar-refractivity contribution in [3.63, 3.8) is 0 Å². The van der Waals surface area contributed by atoms with Crippen LogP contribution < -0.4 is 4.74 Å². The van der Waals surface area contributed by atoms with Crippen molar-refractivity contribution in [2.24, 2.45) is 11.3 Å². The molecule has 1 unspecified atom stereocenters. The Bertz CT molecular complexity index is 757. The summed E-state index contributed by atoms with van der Waals surface area (Å²) in [5.74, 6) is -0.787. The van der Waals surface area contributed by atoms with E-state index in [-0.39, 0.29) is 33.3 Å². The second kappa shape index (κ2) is 7.97. The number of benzene rings is 1. The van der Waals surface area contributed by atoms with Crippen LogP contribution in [0.4, 0.5) is 0 Å². The van der Waals surface area contributed by atoms with Crippen molar-refractivity contribution in [2.45, 2.75) is 46.5 Å². The number of carboxylic acid groups (broad SMARTS) is 1. The monoisotopic (exact) mass is 400 g/mol. The molecule has 1 aromatic rings. The van der Waals surface area contributed by atoms with E-state index in [0.717, 1.165) is 0 Å². The van der Waals surface area contributed by atoms with Crippen molar-refractivity contribution in [3.05, 3.63) is 27.2 Å². The molecule has 0 aliphatic heterocycles. The third kappa shape index (κ3) is 4.21. The van der Waals surface area contributed by atoms with Crippen LogP contribution in [0.25, 0.3) is 0 Å². The first-order valence-corrected chi connectivity index (χ1v) is 9.22. The van der Waals surface area contributed by atoms with Crippen LogP contribution in [0, 0.1) is 11.3 Å². The van der Waals surface area contributed by atoms with E-state index in [9.17, 15) is 14.4 Å². The zero-order valence-electron chi connectivity index (χ0n) is 15.0. The molecule has 26 heavy (non-hydrogen) atoms. The summed E-state index contributed by atoms with van der Waals surface area (Å²) in [4.78, 5) is 35.5. The first-order chi connectivity index (χ1) is 12.1. The number of Topliss-reactive ketones (excluding diaryl/α,β-unsaturated/α-hetero) is 2. The minimum Gasteiger partial charge on any atom is -0.480 e. The summed E-state index contributed by atoms with van der Waals surface area (Å²) in [5.41, 5.74) is 0.359. The molecule has 1 N–H and O–H groups in total. The van der Waals surface area contributed by atoms with Gasteiger partial charge >= 0.3 is 5.97 Å². The lowest BCUT2D eigenvalue weighted by Gasteiger charge is -2.29. The number of carbonyl (C=O) groups is 3. The van der Waals surface area contributed by atoms with Gasteiger partial charge in [0.05, 0.1) is 5.02 Å². The van der Waals surface area contributed by atoms with E-state index in [4.69, 9.17) is 33.0 Å². The maximum Gasteiger partial charge on any atom is 0.341 e. The fourth-order valence-electron chi connectivity index (χ4n) is 3.66. The molecule has 0 saturated heterocycles. The van der Waals surface area contributed by atoms with E-state index < -0.39 is 18.0 Å². The van der Waals surface area contributed by atoms with Crippen molar-refractivity contribution in [2.75, 3.05) is 6.61 Å². The predicted octanol–water partition coefficient (Wildman–Crippen LogP) is 4.60. The van der Waals surface area contributed by atoms with Gasteiger partial charge in [-0.2, -0.15) is 0 Å². The summed E-state index contributed by atoms with van der Waals surface area (Å²) in [6.07, 6.45) is 1.84. The molecular weight excluding hydrogens is 379 g/mol. The van der Waals surface area contributed by atoms with E-state index in [1.807, 2.05) is 13.8 Å². The third-order valence-corrected chi connectivity index (χ3v) is 5.45. The van der Waals surface area contributed by atoms with Crippen LogP contribution in [-0.4, -0.2) is 29.2 Å². The fourth-order valence-corrected chi connectivity index (χ4v) is 4.16. The largest absolute Gasteiger partial charge is 0.480 e. The van der Waals surface area contributed by atoms with Gasteiger partial charge in [0.2, 0.25) is 0 Å². The number of halogens is 2. The van der Waals surface area contributed by atoms with Gasteiger partial charge in [0, 0.05) is 17.4 Å². The van der Waals surface area contributed by atoms with Crippen molar-refractivity contribution in [1.29, 1.82) is 0 Å². The number of aliphatic carboxylic acids is 1. The number of carbonyl (C=O) groups excluding carboxylic acids is 2. The van der Waals surface area contributed by atoms with Gasteiger partial charge in [-0.25, -0.2) is 4.79 Å². The lowest BCUT2D eigenvalue weighted by Crippen LogP contribution is -2.30. The maximum absolute atomic E-state index is 13.2. The molecule has 1 aromatic carbocycles. The minimum absolute atomic E-state index is 0.0338. The molecule has 0 bridgehead atoms. The van der Waals surface area contributed by atoms with E-state index in [1.165, 1.54) is 6.92 Å². The number of rotatable bonds is 8. The van der Waals surface area contributed by atoms with E-state index in [0.29, 0.717) is 36.8 Å². The molecule has 0 aromatic heterocycles. The minimum atomic E-state index is -1.13. The Hall–Kier alpha value is -1.59. The summed E-state index contributed by atoms with van der Waals surface area (Å²) in [6, 6.07) is 1.60. The van der Waals surface area contributed by atoms with Crippen molar-refractivity contribution in [3.8, 4) is 5.75 Å². The number of ether oxygens (including phenoxy) is 1. The standard InChI is InChI=1S/C19H22Cl2O5/c1-10(2)7-19(5-4-11(3)22)8-12-6-13(26-9-14(23)24)16(20)17(21)15(12)18(19)25/h6,10H,4-5,7-9H2,1-3H3,(H,23,24). The number of hydrogen-bond acceptors (Lipinski definition) is 4. The first-order valence-electron chi connectivity index (χ1n) is 8.47. The van der Waals surface area contributed by atoms with Crippen LogP contribution in [0.2, 0.25) is 10.0 Å². The molecule has 0 fully saturated rings. The van der Waals surface area contributed by atoms with Gasteiger partial charge in [0.25, 0.3) is 0 Å². The van der Waals surface area contributed by atoms with E-state index in [2.05, 4.69) is 0 Å². The van der Waals surface area contributed by atoms with Crippen LogP contribution in [0.1, 0.15) is 56.0 Å². The summed E-state index contributed by atoms with van der Waals surface area (Å²) >= 11 is 12.5. The molecule has 1 atom stereocenters. The lowest BCUT2D eigenvalue weighted by atomic mass is 9.73. The highest BCUT2D eigenvalue weighted by atomic mass is 35.5. The Balaban J connectivity index is 2.45. The third-order valence-electron chi connectivity index (χ3n) is 4.60. The van der Waals surface area contributed by atoms with Crippen molar-refractivity contribution >= 4 is 40.7 Å². The van der Waals surface area contributed by atoms with Crippen molar-refractivity contribution in [1.82, 2.24) is 0 Å². The number of fused-ring (bicyclic) bond motifs is 1. The first kappa shape index (κ1) is 20.7. The number of hydrogen-bond donors (Lipinski definition) is 1. The van der Waals surface area contributed by atoms with Crippen LogP contribution in [0.15, 0.2) is 6.07 Å². The van der Waals surface area contributed by atoms with Crippen LogP contribution in [0.3, 0.4) is 0 Å². The highest BCUT2D eigenvalue weighted by molar-refractivity contribution is 6.45. The van der Waals surface area contributed by atoms with Gasteiger partial charge in [-0.15, -0.1) is 0 Å². The van der Waals surface area contributed by atoms with E-state index in [1.54, 1.807) is 6.07 Å². The molecule has 1 aliphatic rings. The predicted molar refractivity (Wildman–Crippen MR) is 99.4 cm³/mol. The van der Waals surface area contributed by atoms with Crippen LogP contribution >= 0.6 is 23.2 Å². The Kier molecular flexibility index (Phi) is 6.35. The number of ketones is 2. The summed E-state index contributed by atoms with van der Waals surface area (Å²) in [6.45, 7) is 5.02. The average molecular weight is 401 g/mol. The second-order valence-electron chi connectivity index (χ2n) is 7.31. The fraction of sp³-hybridized carbons (Fsp3) is 0.526. The van der Waals surface area contributed by atoms with Gasteiger partial charge in [-0.05, 0) is 43.7 Å². The molecule has 5 nitrogen and oxygen atoms in total. The topological polar surface area (TPSA) is 80.7 Å². The normalized spacial score (nSPS) is 18.9. The molecule has 142 valence electrons. The molecule has 0 radical (unpaired) electrons. The van der Waals surface area contributed by atoms with Gasteiger partial charge in [0.15, 0.2) is 12.4 Å². The van der Waals surface area contributed by atoms with Crippen molar-refractivity contribution < 1.29 is 24.2 Å². The summed E-state index contributed by atoms with van der Waals surface area (Å²) in [7, 11) is 0. The zero-order chi connectivity index (χ0) is 19.6. The van der Waals surface area contributed by atoms with Gasteiger partial charge in [0.1, 0.15) is 16.6 Å². The highest BCUT2D eigenvalue weighted by Gasteiger charge is 2.47. The van der Waals surface area contributed by atoms with Crippen LogP contribution in [0.5, 0.6) is 5.75 Å². The van der Waals surface area contributed by atoms with Gasteiger partial charge in [-0.3, -0.25) is 4.79 Å². The Morgan fingerprint density at radius 2 is 1.96 bits per heavy atom. The van der Waals surface area contributed by atoms with Gasteiger partial charge < -0.3 is 14.6 Å². The highest BCUT2D eigenvalue weighted by Crippen LogP contribution is 2.50. The molecule has 0 spiro atoms. The molecule has 1 aliphatic carbocycles. The van der Waals surface area contributed by atoms with Gasteiger partial charge in [-0.1, -0.05) is 37.0 Å². The second-order valence-corrected chi connectivity index (χ2v) is 8.06. The maximum atomic E-state index is 13.2.